The van der Waals surface area contributed by atoms with E-state index in [0.717, 1.165) is 29.4 Å². The lowest BCUT2D eigenvalue weighted by molar-refractivity contribution is -0.119. The Morgan fingerprint density at radius 2 is 1.96 bits per heavy atom. The average molecular weight is 373 g/mol. The molecule has 0 saturated heterocycles. The topological polar surface area (TPSA) is 59.8 Å². The van der Waals surface area contributed by atoms with Crippen molar-refractivity contribution < 1.29 is 4.79 Å². The van der Waals surface area contributed by atoms with E-state index < -0.39 is 0 Å². The molecule has 1 atom stereocenters. The van der Waals surface area contributed by atoms with Gasteiger partial charge in [0.25, 0.3) is 0 Å². The Hall–Kier alpha value is -2.08. The van der Waals surface area contributed by atoms with Crippen molar-refractivity contribution in [3.05, 3.63) is 43.0 Å². The molecule has 0 aliphatic carbocycles. The maximum Gasteiger partial charge on any atom is 0.230 e. The van der Waals surface area contributed by atoms with Gasteiger partial charge in [-0.3, -0.25) is 9.36 Å². The van der Waals surface area contributed by atoms with Gasteiger partial charge in [0, 0.05) is 18.2 Å². The predicted octanol–water partition coefficient (Wildman–Crippen LogP) is 4.16. The van der Waals surface area contributed by atoms with Crippen LogP contribution in [0.4, 0.5) is 0 Å². The molecule has 5 nitrogen and oxygen atoms in total. The molecule has 0 aliphatic heterocycles. The number of nitrogens with zero attached hydrogens (tertiary/aromatic N) is 3. The molecule has 1 N–H and O–H groups in total. The van der Waals surface area contributed by atoms with Crippen molar-refractivity contribution in [2.75, 3.05) is 5.75 Å². The first-order chi connectivity index (χ1) is 12.5. The molecule has 1 heterocycles. The number of hydrogen-bond acceptors (Lipinski definition) is 4. The van der Waals surface area contributed by atoms with Crippen LogP contribution in [0.2, 0.25) is 0 Å². The molecule has 1 aromatic heterocycles. The van der Waals surface area contributed by atoms with Crippen molar-refractivity contribution in [3.8, 4) is 11.4 Å². The smallest absolute Gasteiger partial charge is 0.230 e. The van der Waals surface area contributed by atoms with Gasteiger partial charge in [0.1, 0.15) is 0 Å². The number of hydrogen-bond donors (Lipinski definition) is 1. The zero-order chi connectivity index (χ0) is 18.9. The van der Waals surface area contributed by atoms with E-state index in [2.05, 4.69) is 42.9 Å². The largest absolute Gasteiger partial charge is 0.353 e. The number of thioether (sulfide) groups is 1. The van der Waals surface area contributed by atoms with Gasteiger partial charge in [-0.2, -0.15) is 0 Å². The van der Waals surface area contributed by atoms with Crippen molar-refractivity contribution >= 4 is 17.7 Å². The molecule has 1 amide bonds. The third kappa shape index (κ3) is 6.02. The Labute approximate surface area is 160 Å². The van der Waals surface area contributed by atoms with Crippen LogP contribution >= 0.6 is 11.8 Å². The SMILES string of the molecule is C=CCn1c(SCC(=O)N[C@@H](C)CCC(C)C)nnc1-c1ccccc1. The van der Waals surface area contributed by atoms with Gasteiger partial charge >= 0.3 is 0 Å². The van der Waals surface area contributed by atoms with Gasteiger partial charge in [-0.1, -0.05) is 62.0 Å². The minimum Gasteiger partial charge on any atom is -0.353 e. The molecule has 0 spiro atoms. The number of rotatable bonds is 10. The number of aromatic nitrogens is 3. The summed E-state index contributed by atoms with van der Waals surface area (Å²) in [5.74, 6) is 1.80. The second-order valence-electron chi connectivity index (χ2n) is 6.80. The fourth-order valence-electron chi connectivity index (χ4n) is 2.59. The minimum absolute atomic E-state index is 0.0284. The van der Waals surface area contributed by atoms with E-state index in [-0.39, 0.29) is 11.9 Å². The highest BCUT2D eigenvalue weighted by Gasteiger charge is 2.15. The lowest BCUT2D eigenvalue weighted by Gasteiger charge is -2.15. The highest BCUT2D eigenvalue weighted by atomic mass is 32.2. The molecule has 2 aromatic rings. The number of nitrogens with one attached hydrogen (secondary N) is 1. The first kappa shape index (κ1) is 20.2. The minimum atomic E-state index is 0.0284. The van der Waals surface area contributed by atoms with E-state index in [0.29, 0.717) is 18.2 Å². The van der Waals surface area contributed by atoms with Gasteiger partial charge in [0.2, 0.25) is 5.91 Å². The molecular formula is C20H28N4OS. The van der Waals surface area contributed by atoms with Gasteiger partial charge in [0.05, 0.1) is 5.75 Å². The number of amides is 1. The van der Waals surface area contributed by atoms with Gasteiger partial charge < -0.3 is 5.32 Å². The number of benzene rings is 1. The summed E-state index contributed by atoms with van der Waals surface area (Å²) in [7, 11) is 0. The molecule has 0 fully saturated rings. The lowest BCUT2D eigenvalue weighted by Crippen LogP contribution is -2.34. The van der Waals surface area contributed by atoms with E-state index in [4.69, 9.17) is 0 Å². The maximum absolute atomic E-state index is 12.2. The van der Waals surface area contributed by atoms with Crippen LogP contribution in [-0.2, 0) is 11.3 Å². The summed E-state index contributed by atoms with van der Waals surface area (Å²) in [6.45, 7) is 10.9. The highest BCUT2D eigenvalue weighted by Crippen LogP contribution is 2.23. The van der Waals surface area contributed by atoms with E-state index in [1.807, 2.05) is 41.0 Å². The van der Waals surface area contributed by atoms with Gasteiger partial charge in [-0.15, -0.1) is 16.8 Å². The van der Waals surface area contributed by atoms with Crippen LogP contribution in [0.25, 0.3) is 11.4 Å². The monoisotopic (exact) mass is 372 g/mol. The quantitative estimate of drug-likeness (QED) is 0.502. The summed E-state index contributed by atoms with van der Waals surface area (Å²) in [4.78, 5) is 12.2. The first-order valence-corrected chi connectivity index (χ1v) is 10.0. The molecule has 0 aliphatic rings. The number of carbonyl (C=O) groups excluding carboxylic acids is 1. The standard InChI is InChI=1S/C20H28N4OS/c1-5-13-24-19(17-9-7-6-8-10-17)22-23-20(24)26-14-18(25)21-16(4)12-11-15(2)3/h5-10,15-16H,1,11-14H2,2-4H3,(H,21,25)/t16-/m0/s1. The molecule has 2 rings (SSSR count). The summed E-state index contributed by atoms with van der Waals surface area (Å²) < 4.78 is 1.99. The van der Waals surface area contributed by atoms with Crippen molar-refractivity contribution in [2.24, 2.45) is 5.92 Å². The van der Waals surface area contributed by atoms with E-state index in [9.17, 15) is 4.79 Å². The molecular weight excluding hydrogens is 344 g/mol. The van der Waals surface area contributed by atoms with Crippen molar-refractivity contribution in [2.45, 2.75) is 51.4 Å². The summed E-state index contributed by atoms with van der Waals surface area (Å²) in [5.41, 5.74) is 1.00. The average Bonchev–Trinajstić information content (AvgIpc) is 3.02. The highest BCUT2D eigenvalue weighted by molar-refractivity contribution is 7.99. The molecule has 0 bridgehead atoms. The van der Waals surface area contributed by atoms with E-state index in [1.54, 1.807) is 0 Å². The zero-order valence-corrected chi connectivity index (χ0v) is 16.6. The zero-order valence-electron chi connectivity index (χ0n) is 15.8. The maximum atomic E-state index is 12.2. The third-order valence-corrected chi connectivity index (χ3v) is 4.94. The van der Waals surface area contributed by atoms with Crippen LogP contribution in [0.3, 0.4) is 0 Å². The first-order valence-electron chi connectivity index (χ1n) is 9.03. The molecule has 0 saturated carbocycles. The van der Waals surface area contributed by atoms with Gasteiger partial charge in [0.15, 0.2) is 11.0 Å². The normalized spacial score (nSPS) is 12.2. The fraction of sp³-hybridized carbons (Fsp3) is 0.450. The Morgan fingerprint density at radius 1 is 1.23 bits per heavy atom. The van der Waals surface area contributed by atoms with Crippen LogP contribution < -0.4 is 5.32 Å². The third-order valence-electron chi connectivity index (χ3n) is 3.98. The van der Waals surface area contributed by atoms with E-state index >= 15 is 0 Å². The summed E-state index contributed by atoms with van der Waals surface area (Å²) >= 11 is 1.41. The fourth-order valence-corrected chi connectivity index (χ4v) is 3.35. The van der Waals surface area contributed by atoms with Crippen LogP contribution in [0.5, 0.6) is 0 Å². The second kappa shape index (κ2) is 10.2. The van der Waals surface area contributed by atoms with Crippen molar-refractivity contribution in [1.29, 1.82) is 0 Å². The van der Waals surface area contributed by atoms with Crippen molar-refractivity contribution in [3.63, 3.8) is 0 Å². The van der Waals surface area contributed by atoms with Gasteiger partial charge in [-0.05, 0) is 25.7 Å². The predicted molar refractivity (Wildman–Crippen MR) is 108 cm³/mol. The lowest BCUT2D eigenvalue weighted by atomic mass is 10.0. The molecule has 0 unspecified atom stereocenters. The van der Waals surface area contributed by atoms with Gasteiger partial charge in [-0.25, -0.2) is 0 Å². The Balaban J connectivity index is 1.98. The second-order valence-corrected chi connectivity index (χ2v) is 7.74. The Morgan fingerprint density at radius 3 is 2.62 bits per heavy atom. The van der Waals surface area contributed by atoms with Crippen LogP contribution in [0, 0.1) is 5.92 Å². The Bertz CT molecular complexity index is 712. The molecule has 26 heavy (non-hydrogen) atoms. The molecule has 140 valence electrons. The molecule has 6 heteroatoms. The van der Waals surface area contributed by atoms with Crippen LogP contribution in [-0.4, -0.2) is 32.5 Å². The molecule has 0 radical (unpaired) electrons. The van der Waals surface area contributed by atoms with E-state index in [1.165, 1.54) is 11.8 Å². The van der Waals surface area contributed by atoms with Crippen LogP contribution in [0.15, 0.2) is 48.1 Å². The number of carbonyl (C=O) groups is 1. The summed E-state index contributed by atoms with van der Waals surface area (Å²) in [5, 5.41) is 12.4. The molecule has 1 aromatic carbocycles. The number of allylic oxidation sites excluding steroid dienone is 1. The van der Waals surface area contributed by atoms with Crippen LogP contribution in [0.1, 0.15) is 33.6 Å². The summed E-state index contributed by atoms with van der Waals surface area (Å²) in [6, 6.07) is 10.1. The summed E-state index contributed by atoms with van der Waals surface area (Å²) in [6.07, 6.45) is 3.93. The van der Waals surface area contributed by atoms with Crippen molar-refractivity contribution in [1.82, 2.24) is 20.1 Å². The Kier molecular flexibility index (Phi) is 7.91.